The van der Waals surface area contributed by atoms with Gasteiger partial charge in [0.1, 0.15) is 0 Å². The number of amides is 1. The number of anilines is 1. The maximum atomic E-state index is 12.2. The highest BCUT2D eigenvalue weighted by Gasteiger charge is 2.36. The van der Waals surface area contributed by atoms with Gasteiger partial charge in [0.25, 0.3) is 5.89 Å². The Kier molecular flexibility index (Phi) is 4.59. The van der Waals surface area contributed by atoms with E-state index in [4.69, 9.17) is 9.15 Å². The molecule has 1 saturated heterocycles. The summed E-state index contributed by atoms with van der Waals surface area (Å²) in [6.45, 7) is 3.99. The number of hydrogen-bond acceptors (Lipinski definition) is 6. The fraction of sp³-hybridized carbons (Fsp3) is 0.412. The predicted molar refractivity (Wildman–Crippen MR) is 85.1 cm³/mol. The van der Waals surface area contributed by atoms with Crippen LogP contribution in [-0.2, 0) is 27.4 Å². The first kappa shape index (κ1) is 16.2. The molecule has 2 aromatic rings. The Morgan fingerprint density at radius 1 is 1.33 bits per heavy atom. The van der Waals surface area contributed by atoms with Crippen molar-refractivity contribution < 1.29 is 18.7 Å². The molecule has 1 amide bonds. The Balaban J connectivity index is 1.59. The molecule has 1 unspecified atom stereocenters. The van der Waals surface area contributed by atoms with Crippen molar-refractivity contribution in [1.29, 1.82) is 0 Å². The molecule has 2 heterocycles. The van der Waals surface area contributed by atoms with Crippen molar-refractivity contribution in [3.8, 4) is 0 Å². The molecule has 7 heteroatoms. The molecule has 0 radical (unpaired) electrons. The summed E-state index contributed by atoms with van der Waals surface area (Å²) in [4.78, 5) is 26.0. The Labute approximate surface area is 139 Å². The molecule has 1 fully saturated rings. The minimum Gasteiger partial charge on any atom is -0.455 e. The third kappa shape index (κ3) is 3.45. The van der Waals surface area contributed by atoms with E-state index >= 15 is 0 Å². The summed E-state index contributed by atoms with van der Waals surface area (Å²) < 4.78 is 10.3. The number of hydrogen-bond donors (Lipinski definition) is 0. The van der Waals surface area contributed by atoms with E-state index < -0.39 is 11.9 Å². The number of benzene rings is 1. The Hall–Kier alpha value is -2.70. The van der Waals surface area contributed by atoms with Crippen LogP contribution in [0.2, 0.25) is 0 Å². The van der Waals surface area contributed by atoms with Gasteiger partial charge in [0.2, 0.25) is 11.8 Å². The summed E-state index contributed by atoms with van der Waals surface area (Å²) >= 11 is 0. The van der Waals surface area contributed by atoms with Gasteiger partial charge in [0, 0.05) is 25.6 Å². The first-order valence-electron chi connectivity index (χ1n) is 7.91. The van der Waals surface area contributed by atoms with Crippen LogP contribution in [0.4, 0.5) is 5.69 Å². The third-order valence-electron chi connectivity index (χ3n) is 4.02. The molecule has 1 aromatic carbocycles. The zero-order valence-electron chi connectivity index (χ0n) is 13.7. The van der Waals surface area contributed by atoms with Crippen LogP contribution >= 0.6 is 0 Å². The van der Waals surface area contributed by atoms with Crippen LogP contribution in [0.5, 0.6) is 0 Å². The maximum absolute atomic E-state index is 12.2. The van der Waals surface area contributed by atoms with Crippen LogP contribution in [0.25, 0.3) is 0 Å². The molecule has 0 saturated carbocycles. The monoisotopic (exact) mass is 329 g/mol. The van der Waals surface area contributed by atoms with Crippen molar-refractivity contribution in [3.63, 3.8) is 0 Å². The molecule has 1 aliphatic rings. The quantitative estimate of drug-likeness (QED) is 0.780. The highest BCUT2D eigenvalue weighted by Crippen LogP contribution is 2.26. The van der Waals surface area contributed by atoms with E-state index in [-0.39, 0.29) is 24.8 Å². The number of esters is 1. The maximum Gasteiger partial charge on any atom is 0.311 e. The van der Waals surface area contributed by atoms with Crippen molar-refractivity contribution in [2.45, 2.75) is 33.3 Å². The SMILES string of the molecule is CCc1ccc(N2CC(C(=O)OCc3nnc(C)o3)CC2=O)cc1. The number of ether oxygens (including phenoxy) is 1. The van der Waals surface area contributed by atoms with E-state index in [1.165, 1.54) is 5.56 Å². The first-order chi connectivity index (χ1) is 11.6. The molecule has 7 nitrogen and oxygen atoms in total. The number of carbonyl (C=O) groups excluding carboxylic acids is 2. The van der Waals surface area contributed by atoms with Gasteiger partial charge in [0.05, 0.1) is 5.92 Å². The second-order valence-electron chi connectivity index (χ2n) is 5.75. The number of rotatable bonds is 5. The van der Waals surface area contributed by atoms with E-state index in [2.05, 4.69) is 17.1 Å². The van der Waals surface area contributed by atoms with Crippen LogP contribution < -0.4 is 4.90 Å². The Morgan fingerprint density at radius 2 is 2.08 bits per heavy atom. The number of aromatic nitrogens is 2. The summed E-state index contributed by atoms with van der Waals surface area (Å²) in [6, 6.07) is 7.80. The van der Waals surface area contributed by atoms with Gasteiger partial charge < -0.3 is 14.1 Å². The minimum absolute atomic E-state index is 0.0738. The lowest BCUT2D eigenvalue weighted by molar-refractivity contribution is -0.150. The normalized spacial score (nSPS) is 17.3. The molecule has 1 atom stereocenters. The van der Waals surface area contributed by atoms with E-state index in [1.807, 2.05) is 24.3 Å². The summed E-state index contributed by atoms with van der Waals surface area (Å²) in [5.74, 6) is -0.315. The minimum atomic E-state index is -0.479. The van der Waals surface area contributed by atoms with Gasteiger partial charge in [-0.1, -0.05) is 19.1 Å². The van der Waals surface area contributed by atoms with Gasteiger partial charge in [-0.15, -0.1) is 10.2 Å². The molecule has 0 N–H and O–H groups in total. The van der Waals surface area contributed by atoms with Crippen LogP contribution in [0.15, 0.2) is 28.7 Å². The molecule has 0 bridgehead atoms. The number of aryl methyl sites for hydroxylation is 2. The van der Waals surface area contributed by atoms with Crippen LogP contribution in [0, 0.1) is 12.8 Å². The zero-order chi connectivity index (χ0) is 17.1. The van der Waals surface area contributed by atoms with Crippen molar-refractivity contribution in [2.75, 3.05) is 11.4 Å². The molecule has 24 heavy (non-hydrogen) atoms. The Morgan fingerprint density at radius 3 is 2.71 bits per heavy atom. The Bertz CT molecular complexity index is 739. The van der Waals surface area contributed by atoms with Gasteiger partial charge in [-0.05, 0) is 24.1 Å². The van der Waals surface area contributed by atoms with Crippen LogP contribution in [0.1, 0.15) is 30.7 Å². The van der Waals surface area contributed by atoms with Crippen molar-refractivity contribution in [3.05, 3.63) is 41.6 Å². The average molecular weight is 329 g/mol. The average Bonchev–Trinajstić information content (AvgIpc) is 3.18. The topological polar surface area (TPSA) is 85.5 Å². The molecule has 3 rings (SSSR count). The zero-order valence-corrected chi connectivity index (χ0v) is 13.7. The van der Waals surface area contributed by atoms with Crippen molar-refractivity contribution in [2.24, 2.45) is 5.92 Å². The molecule has 1 aliphatic heterocycles. The van der Waals surface area contributed by atoms with Crippen molar-refractivity contribution in [1.82, 2.24) is 10.2 Å². The van der Waals surface area contributed by atoms with Crippen LogP contribution in [-0.4, -0.2) is 28.6 Å². The predicted octanol–water partition coefficient (Wildman–Crippen LogP) is 2.04. The summed E-state index contributed by atoms with van der Waals surface area (Å²) in [5, 5.41) is 7.44. The highest BCUT2D eigenvalue weighted by molar-refractivity contribution is 5.99. The molecular weight excluding hydrogens is 310 g/mol. The van der Waals surface area contributed by atoms with E-state index in [0.717, 1.165) is 12.1 Å². The number of carbonyl (C=O) groups is 2. The fourth-order valence-corrected chi connectivity index (χ4v) is 2.67. The van der Waals surface area contributed by atoms with E-state index in [1.54, 1.807) is 11.8 Å². The second-order valence-corrected chi connectivity index (χ2v) is 5.75. The molecule has 1 aromatic heterocycles. The summed E-state index contributed by atoms with van der Waals surface area (Å²) in [5.41, 5.74) is 2.01. The standard InChI is InChI=1S/C17H19N3O4/c1-3-12-4-6-14(7-5-12)20-9-13(8-16(20)21)17(22)23-10-15-19-18-11(2)24-15/h4-7,13H,3,8-10H2,1-2H3. The first-order valence-corrected chi connectivity index (χ1v) is 7.91. The summed E-state index contributed by atoms with van der Waals surface area (Å²) in [6.07, 6.45) is 1.09. The van der Waals surface area contributed by atoms with Crippen LogP contribution in [0.3, 0.4) is 0 Å². The van der Waals surface area contributed by atoms with Gasteiger partial charge >= 0.3 is 5.97 Å². The smallest absolute Gasteiger partial charge is 0.311 e. The third-order valence-corrected chi connectivity index (χ3v) is 4.02. The summed E-state index contributed by atoms with van der Waals surface area (Å²) in [7, 11) is 0. The van der Waals surface area contributed by atoms with Crippen molar-refractivity contribution >= 4 is 17.6 Å². The molecule has 0 aliphatic carbocycles. The largest absolute Gasteiger partial charge is 0.455 e. The number of nitrogens with zero attached hydrogens (tertiary/aromatic N) is 3. The highest BCUT2D eigenvalue weighted by atomic mass is 16.5. The lowest BCUT2D eigenvalue weighted by Gasteiger charge is -2.16. The van der Waals surface area contributed by atoms with Gasteiger partial charge in [-0.25, -0.2) is 0 Å². The fourth-order valence-electron chi connectivity index (χ4n) is 2.67. The molecular formula is C17H19N3O4. The lowest BCUT2D eigenvalue weighted by Crippen LogP contribution is -2.26. The van der Waals surface area contributed by atoms with E-state index in [9.17, 15) is 9.59 Å². The van der Waals surface area contributed by atoms with Gasteiger partial charge in [-0.3, -0.25) is 9.59 Å². The molecule has 0 spiro atoms. The molecule has 126 valence electrons. The second kappa shape index (κ2) is 6.82. The van der Waals surface area contributed by atoms with E-state index in [0.29, 0.717) is 12.4 Å². The van der Waals surface area contributed by atoms with Gasteiger partial charge in [0.15, 0.2) is 6.61 Å². The van der Waals surface area contributed by atoms with Gasteiger partial charge in [-0.2, -0.15) is 0 Å². The lowest BCUT2D eigenvalue weighted by atomic mass is 10.1.